The van der Waals surface area contributed by atoms with E-state index < -0.39 is 18.3 Å². The fourth-order valence-electron chi connectivity index (χ4n) is 0.891. The van der Waals surface area contributed by atoms with Crippen LogP contribution in [0, 0.1) is 6.08 Å². The molecule has 0 amide bonds. The third-order valence-corrected chi connectivity index (χ3v) is 1.29. The Hall–Kier alpha value is 0.230. The fraction of sp³-hybridized carbons (Fsp3) is 0.765. The second-order valence-corrected chi connectivity index (χ2v) is 5.20. The van der Waals surface area contributed by atoms with Crippen LogP contribution in [0.25, 0.3) is 0 Å². The van der Waals surface area contributed by atoms with Crippen LogP contribution < -0.4 is 15.3 Å². The summed E-state index contributed by atoms with van der Waals surface area (Å²) in [6, 6.07) is 0. The Morgan fingerprint density at radius 1 is 0.952 bits per heavy atom. The molecule has 0 aromatic heterocycles. The first-order chi connectivity index (χ1) is 9.13. The second kappa shape index (κ2) is 22.5. The average Bonchev–Trinajstić information content (AvgIpc) is 2.68. The summed E-state index contributed by atoms with van der Waals surface area (Å²) in [5, 5.41) is 28.6. The first-order valence-corrected chi connectivity index (χ1v) is 7.37. The predicted octanol–water partition coefficient (Wildman–Crippen LogP) is 1.74. The van der Waals surface area contributed by atoms with Gasteiger partial charge in [-0.15, -0.1) is 24.7 Å². The van der Waals surface area contributed by atoms with Crippen molar-refractivity contribution in [2.45, 2.75) is 86.0 Å². The van der Waals surface area contributed by atoms with E-state index in [0.717, 1.165) is 6.42 Å². The van der Waals surface area contributed by atoms with Crippen molar-refractivity contribution in [1.29, 1.82) is 0 Å². The van der Waals surface area contributed by atoms with Gasteiger partial charge in [-0.2, -0.15) is 6.08 Å². The molecule has 0 spiro atoms. The van der Waals surface area contributed by atoms with Crippen molar-refractivity contribution in [3.63, 3.8) is 0 Å². The average molecular weight is 463 g/mol. The molecule has 0 saturated heterocycles. The molecule has 21 heavy (non-hydrogen) atoms. The van der Waals surface area contributed by atoms with E-state index in [4.69, 9.17) is 0 Å². The summed E-state index contributed by atoms with van der Waals surface area (Å²) in [6.45, 7) is 11.9. The van der Waals surface area contributed by atoms with Crippen molar-refractivity contribution in [3.05, 3.63) is 23.8 Å². The first-order valence-electron chi connectivity index (χ1n) is 7.37. The van der Waals surface area contributed by atoms with Crippen LogP contribution in [-0.2, 0) is 25.8 Å². The standard InChI is InChI=1S/C8H11.3C3H7O.Hf/c1-2-5-8-6-3-4-7-8;3*1-3(2)4;/h3,6H,2,4-5H2,1H3;3*3H,1-2H3;/q4*-1;+4. The molecule has 0 aliphatic heterocycles. The van der Waals surface area contributed by atoms with Crippen molar-refractivity contribution in [2.75, 3.05) is 0 Å². The normalized spacial score (nSPS) is 11.6. The van der Waals surface area contributed by atoms with Crippen LogP contribution in [0.2, 0.25) is 0 Å². The molecule has 0 heterocycles. The van der Waals surface area contributed by atoms with Crippen LogP contribution in [-0.4, -0.2) is 18.3 Å². The van der Waals surface area contributed by atoms with E-state index in [9.17, 15) is 15.3 Å². The first kappa shape index (κ1) is 29.3. The molecular formula is C17H32HfO3. The third-order valence-electron chi connectivity index (χ3n) is 1.29. The van der Waals surface area contributed by atoms with E-state index in [-0.39, 0.29) is 25.8 Å². The molecule has 0 N–H and O–H groups in total. The molecular weight excluding hydrogens is 431 g/mol. The van der Waals surface area contributed by atoms with Gasteiger partial charge in [0, 0.05) is 0 Å². The van der Waals surface area contributed by atoms with Gasteiger partial charge in [-0.1, -0.05) is 61.3 Å². The van der Waals surface area contributed by atoms with Gasteiger partial charge < -0.3 is 15.3 Å². The summed E-state index contributed by atoms with van der Waals surface area (Å²) in [7, 11) is 0. The molecule has 0 saturated carbocycles. The Balaban J connectivity index is -0.0000000973. The zero-order chi connectivity index (χ0) is 16.6. The Morgan fingerprint density at radius 2 is 1.29 bits per heavy atom. The predicted molar refractivity (Wildman–Crippen MR) is 80.8 cm³/mol. The molecule has 0 bridgehead atoms. The number of hydrogen-bond donors (Lipinski definition) is 0. The second-order valence-electron chi connectivity index (χ2n) is 5.20. The van der Waals surface area contributed by atoms with Crippen molar-refractivity contribution in [3.8, 4) is 0 Å². The van der Waals surface area contributed by atoms with E-state index >= 15 is 0 Å². The van der Waals surface area contributed by atoms with Crippen molar-refractivity contribution in [1.82, 2.24) is 0 Å². The van der Waals surface area contributed by atoms with Crippen molar-refractivity contribution in [2.24, 2.45) is 0 Å². The Bertz CT molecular complexity index is 212. The number of rotatable bonds is 2. The molecule has 1 aliphatic rings. The van der Waals surface area contributed by atoms with Gasteiger partial charge in [0.15, 0.2) is 0 Å². The summed E-state index contributed by atoms with van der Waals surface area (Å²) in [6.07, 6.45) is 9.83. The van der Waals surface area contributed by atoms with Gasteiger partial charge in [0.1, 0.15) is 0 Å². The van der Waals surface area contributed by atoms with E-state index in [1.807, 2.05) is 0 Å². The summed E-state index contributed by atoms with van der Waals surface area (Å²) in [4.78, 5) is 0. The minimum atomic E-state index is -0.417. The molecule has 1 rings (SSSR count). The van der Waals surface area contributed by atoms with Gasteiger partial charge in [0.25, 0.3) is 0 Å². The summed E-state index contributed by atoms with van der Waals surface area (Å²) in [5.41, 5.74) is 1.40. The molecule has 1 aliphatic carbocycles. The zero-order valence-electron chi connectivity index (χ0n) is 14.7. The molecule has 0 aromatic carbocycles. The van der Waals surface area contributed by atoms with Crippen LogP contribution in [0.5, 0.6) is 0 Å². The van der Waals surface area contributed by atoms with E-state index in [2.05, 4.69) is 25.2 Å². The maximum Gasteiger partial charge on any atom is 4.00 e. The van der Waals surface area contributed by atoms with Crippen molar-refractivity contribution >= 4 is 0 Å². The molecule has 0 aromatic rings. The van der Waals surface area contributed by atoms with Crippen LogP contribution >= 0.6 is 0 Å². The largest absolute Gasteiger partial charge is 4.00 e. The Morgan fingerprint density at radius 3 is 1.48 bits per heavy atom. The smallest absolute Gasteiger partial charge is 0.852 e. The third kappa shape index (κ3) is 64.2. The van der Waals surface area contributed by atoms with E-state index in [1.165, 1.54) is 18.4 Å². The quantitative estimate of drug-likeness (QED) is 0.463. The minimum absolute atomic E-state index is 0. The van der Waals surface area contributed by atoms with Crippen molar-refractivity contribution < 1.29 is 41.2 Å². The van der Waals surface area contributed by atoms with Crippen LogP contribution in [0.15, 0.2) is 17.7 Å². The fourth-order valence-corrected chi connectivity index (χ4v) is 0.891. The van der Waals surface area contributed by atoms with Gasteiger partial charge >= 0.3 is 25.8 Å². The molecule has 122 valence electrons. The zero-order valence-corrected chi connectivity index (χ0v) is 18.3. The van der Waals surface area contributed by atoms with E-state index in [1.54, 1.807) is 41.5 Å². The summed E-state index contributed by atoms with van der Waals surface area (Å²) in [5.74, 6) is 0. The van der Waals surface area contributed by atoms with Gasteiger partial charge in [-0.3, -0.25) is 6.08 Å². The van der Waals surface area contributed by atoms with Gasteiger partial charge in [-0.05, 0) is 0 Å². The van der Waals surface area contributed by atoms with Gasteiger partial charge in [0.2, 0.25) is 0 Å². The Kier molecular flexibility index (Phi) is 31.4. The Labute approximate surface area is 151 Å². The minimum Gasteiger partial charge on any atom is -0.852 e. The maximum atomic E-state index is 9.53. The van der Waals surface area contributed by atoms with Crippen LogP contribution in [0.1, 0.15) is 67.7 Å². The molecule has 0 radical (unpaired) electrons. The molecule has 0 unspecified atom stereocenters. The van der Waals surface area contributed by atoms with Crippen LogP contribution in [0.3, 0.4) is 0 Å². The molecule has 0 fully saturated rings. The van der Waals surface area contributed by atoms with Gasteiger partial charge in [-0.25, -0.2) is 11.6 Å². The van der Waals surface area contributed by atoms with Gasteiger partial charge in [0.05, 0.1) is 0 Å². The van der Waals surface area contributed by atoms with E-state index in [0.29, 0.717) is 0 Å². The number of hydrogen-bond acceptors (Lipinski definition) is 3. The maximum absolute atomic E-state index is 9.53. The molecule has 4 heteroatoms. The monoisotopic (exact) mass is 464 g/mol. The number of allylic oxidation sites excluding steroid dienone is 4. The summed E-state index contributed by atoms with van der Waals surface area (Å²) >= 11 is 0. The van der Waals surface area contributed by atoms with Crippen LogP contribution in [0.4, 0.5) is 0 Å². The molecule has 3 nitrogen and oxygen atoms in total. The topological polar surface area (TPSA) is 69.2 Å². The molecule has 0 atom stereocenters. The summed E-state index contributed by atoms with van der Waals surface area (Å²) < 4.78 is 0. The SMILES string of the molecule is CC(C)[O-].CC(C)[O-].CC(C)[O-].CCCC1=[C-]CC=C1.[Hf+4].